The van der Waals surface area contributed by atoms with Crippen LogP contribution in [0, 0.1) is 0 Å². The van der Waals surface area contributed by atoms with E-state index in [0.717, 1.165) is 21.4 Å². The summed E-state index contributed by atoms with van der Waals surface area (Å²) in [6.45, 7) is 0.0187. The molecule has 3 N–H and O–H groups in total. The standard InChI is InChI=1S/C40H39N7O6S2/c1-51-30-14-7-26(8-15-30)23-46(24-27-9-16-31(52-2)17-10-27)55(49,50)38-29(21-22-48)13-20-33(34-5-4-6-35-37(34)42-40(41)54-35)36(38)39-43-45-47(44-39)25-28-11-18-32(53-3)19-12-28/h4-20,48H,21-25H2,1-3H3,(H2,41,42). The first-order valence-corrected chi connectivity index (χ1v) is 19.6. The molecule has 0 saturated heterocycles. The molecule has 0 saturated carbocycles. The summed E-state index contributed by atoms with van der Waals surface area (Å²) >= 11 is 1.34. The molecule has 2 heterocycles. The lowest BCUT2D eigenvalue weighted by Gasteiger charge is -2.26. The van der Waals surface area contributed by atoms with Crippen molar-refractivity contribution in [2.75, 3.05) is 33.7 Å². The van der Waals surface area contributed by atoms with Gasteiger partial charge in [0.15, 0.2) is 5.13 Å². The average Bonchev–Trinajstić information content (AvgIpc) is 3.84. The van der Waals surface area contributed by atoms with Crippen LogP contribution in [0.2, 0.25) is 0 Å². The Bertz CT molecular complexity index is 2470. The van der Waals surface area contributed by atoms with Gasteiger partial charge in [-0.1, -0.05) is 72.0 Å². The maximum absolute atomic E-state index is 15.6. The first kappa shape index (κ1) is 37.4. The van der Waals surface area contributed by atoms with Crippen molar-refractivity contribution in [3.8, 4) is 39.8 Å². The van der Waals surface area contributed by atoms with Gasteiger partial charge in [-0.15, -0.1) is 10.2 Å². The molecule has 0 atom stereocenters. The fourth-order valence-corrected chi connectivity index (χ4v) is 9.01. The molecule has 7 rings (SSSR count). The number of hydrogen-bond acceptors (Lipinski definition) is 12. The molecule has 0 aliphatic carbocycles. The molecule has 55 heavy (non-hydrogen) atoms. The molecule has 0 spiro atoms. The number of nitrogens with zero attached hydrogens (tertiary/aromatic N) is 6. The van der Waals surface area contributed by atoms with Crippen LogP contribution in [0.5, 0.6) is 17.2 Å². The van der Waals surface area contributed by atoms with Crippen LogP contribution in [0.15, 0.2) is 108 Å². The van der Waals surface area contributed by atoms with Crippen LogP contribution in [-0.4, -0.2) is 71.0 Å². The fourth-order valence-electron chi connectivity index (χ4n) is 6.40. The third-order valence-corrected chi connectivity index (χ3v) is 11.9. The monoisotopic (exact) mass is 777 g/mol. The van der Waals surface area contributed by atoms with Crippen LogP contribution in [-0.2, 0) is 36.1 Å². The number of benzene rings is 5. The Kier molecular flexibility index (Phi) is 11.1. The molecule has 0 aliphatic heterocycles. The Labute approximate surface area is 322 Å². The predicted octanol–water partition coefficient (Wildman–Crippen LogP) is 6.20. The van der Waals surface area contributed by atoms with Crippen molar-refractivity contribution in [2.24, 2.45) is 0 Å². The largest absolute Gasteiger partial charge is 0.497 e. The minimum absolute atomic E-state index is 0.0242. The van der Waals surface area contributed by atoms with E-state index in [0.29, 0.717) is 44.6 Å². The van der Waals surface area contributed by atoms with Crippen LogP contribution in [0.3, 0.4) is 0 Å². The molecule has 282 valence electrons. The van der Waals surface area contributed by atoms with Crippen molar-refractivity contribution in [1.29, 1.82) is 0 Å². The van der Waals surface area contributed by atoms with Gasteiger partial charge < -0.3 is 25.1 Å². The van der Waals surface area contributed by atoms with E-state index in [2.05, 4.69) is 15.3 Å². The number of aliphatic hydroxyl groups excluding tert-OH is 1. The molecular weight excluding hydrogens is 739 g/mol. The molecule has 0 bridgehead atoms. The first-order chi connectivity index (χ1) is 26.7. The number of tetrazole rings is 1. The first-order valence-electron chi connectivity index (χ1n) is 17.3. The summed E-state index contributed by atoms with van der Waals surface area (Å²) in [7, 11) is 0.347. The summed E-state index contributed by atoms with van der Waals surface area (Å²) in [5.41, 5.74) is 11.0. The Balaban J connectivity index is 1.44. The van der Waals surface area contributed by atoms with E-state index in [-0.39, 0.29) is 48.9 Å². The Morgan fingerprint density at radius 1 is 0.764 bits per heavy atom. The third kappa shape index (κ3) is 8.00. The van der Waals surface area contributed by atoms with Gasteiger partial charge in [-0.25, -0.2) is 13.4 Å². The quantitative estimate of drug-likeness (QED) is 0.122. The van der Waals surface area contributed by atoms with Crippen molar-refractivity contribution in [3.05, 3.63) is 125 Å². The number of methoxy groups -OCH3 is 3. The minimum Gasteiger partial charge on any atom is -0.497 e. The van der Waals surface area contributed by atoms with E-state index in [9.17, 15) is 5.11 Å². The van der Waals surface area contributed by atoms with E-state index in [1.807, 2.05) is 72.8 Å². The topological polar surface area (TPSA) is 168 Å². The number of para-hydroxylation sites is 1. The number of fused-ring (bicyclic) bond motifs is 1. The van der Waals surface area contributed by atoms with Crippen molar-refractivity contribution in [2.45, 2.75) is 31.0 Å². The third-order valence-electron chi connectivity index (χ3n) is 9.14. The summed E-state index contributed by atoms with van der Waals surface area (Å²) in [5, 5.41) is 24.3. The van der Waals surface area contributed by atoms with Crippen molar-refractivity contribution < 1.29 is 27.7 Å². The SMILES string of the molecule is COc1ccc(CN(Cc2ccc(OC)cc2)S(=O)(=O)c2c(CCO)ccc(-c3cccc4sc(N)nc34)c2-c2nnn(Cc3ccc(OC)cc3)n2)cc1. The molecular formula is C40H39N7O6S2. The summed E-state index contributed by atoms with van der Waals surface area (Å²) in [6.07, 6.45) is 0.0502. The van der Waals surface area contributed by atoms with Crippen LogP contribution < -0.4 is 19.9 Å². The summed E-state index contributed by atoms with van der Waals surface area (Å²) in [6, 6.07) is 31.2. The molecule has 13 nitrogen and oxygen atoms in total. The van der Waals surface area contributed by atoms with Crippen molar-refractivity contribution >= 4 is 36.7 Å². The van der Waals surface area contributed by atoms with Crippen LogP contribution in [0.25, 0.3) is 32.7 Å². The Morgan fingerprint density at radius 2 is 1.35 bits per heavy atom. The van der Waals surface area contributed by atoms with Gasteiger partial charge in [0.2, 0.25) is 15.8 Å². The Hall–Kier alpha value is -5.87. The van der Waals surface area contributed by atoms with E-state index in [1.165, 1.54) is 20.4 Å². The molecule has 0 unspecified atom stereocenters. The average molecular weight is 778 g/mol. The molecule has 0 radical (unpaired) electrons. The fraction of sp³-hybridized carbons (Fsp3) is 0.200. The number of hydrogen-bond donors (Lipinski definition) is 2. The van der Waals surface area contributed by atoms with Gasteiger partial charge in [0.25, 0.3) is 0 Å². The lowest BCUT2D eigenvalue weighted by Crippen LogP contribution is -2.32. The summed E-state index contributed by atoms with van der Waals surface area (Å²) < 4.78 is 49.4. The molecule has 5 aromatic carbocycles. The van der Waals surface area contributed by atoms with Crippen molar-refractivity contribution in [1.82, 2.24) is 29.5 Å². The number of aromatic nitrogens is 5. The number of sulfonamides is 1. The highest BCUT2D eigenvalue weighted by atomic mass is 32.2. The zero-order chi connectivity index (χ0) is 38.5. The second-order valence-electron chi connectivity index (χ2n) is 12.6. The maximum Gasteiger partial charge on any atom is 0.244 e. The van der Waals surface area contributed by atoms with Crippen LogP contribution in [0.1, 0.15) is 22.3 Å². The lowest BCUT2D eigenvalue weighted by molar-refractivity contribution is 0.298. The molecule has 0 fully saturated rings. The number of thiazole rings is 1. The second-order valence-corrected chi connectivity index (χ2v) is 15.6. The number of ether oxygens (including phenoxy) is 3. The van der Waals surface area contributed by atoms with Gasteiger partial charge >= 0.3 is 0 Å². The number of nitrogens with two attached hydrogens (primary N) is 1. The highest BCUT2D eigenvalue weighted by Crippen LogP contribution is 2.43. The van der Waals surface area contributed by atoms with Gasteiger partial charge in [0, 0.05) is 25.3 Å². The molecule has 0 amide bonds. The molecule has 15 heteroatoms. The number of aliphatic hydroxyl groups is 1. The second kappa shape index (κ2) is 16.2. The zero-order valence-electron chi connectivity index (χ0n) is 30.4. The van der Waals surface area contributed by atoms with E-state index >= 15 is 8.42 Å². The van der Waals surface area contributed by atoms with Gasteiger partial charge in [-0.2, -0.15) is 9.10 Å². The maximum atomic E-state index is 15.6. The van der Waals surface area contributed by atoms with Gasteiger partial charge in [-0.3, -0.25) is 0 Å². The lowest BCUT2D eigenvalue weighted by atomic mass is 9.95. The van der Waals surface area contributed by atoms with E-state index < -0.39 is 10.0 Å². The van der Waals surface area contributed by atoms with Gasteiger partial charge in [0.1, 0.15) is 17.2 Å². The normalized spacial score (nSPS) is 11.7. The number of anilines is 1. The summed E-state index contributed by atoms with van der Waals surface area (Å²) in [5.74, 6) is 2.10. The van der Waals surface area contributed by atoms with E-state index in [4.69, 9.17) is 25.0 Å². The highest BCUT2D eigenvalue weighted by molar-refractivity contribution is 7.89. The molecule has 0 aliphatic rings. The minimum atomic E-state index is -4.41. The van der Waals surface area contributed by atoms with Gasteiger partial charge in [0.05, 0.1) is 48.5 Å². The predicted molar refractivity (Wildman–Crippen MR) is 212 cm³/mol. The van der Waals surface area contributed by atoms with E-state index in [1.54, 1.807) is 51.7 Å². The highest BCUT2D eigenvalue weighted by Gasteiger charge is 2.34. The van der Waals surface area contributed by atoms with Gasteiger partial charge in [-0.05, 0) is 81.9 Å². The smallest absolute Gasteiger partial charge is 0.244 e. The number of rotatable bonds is 15. The van der Waals surface area contributed by atoms with Crippen molar-refractivity contribution in [3.63, 3.8) is 0 Å². The number of nitrogen functional groups attached to an aromatic ring is 1. The Morgan fingerprint density at radius 3 is 1.91 bits per heavy atom. The van der Waals surface area contributed by atoms with Crippen LogP contribution in [0.4, 0.5) is 5.13 Å². The molecule has 7 aromatic rings. The zero-order valence-corrected chi connectivity index (χ0v) is 32.0. The van der Waals surface area contributed by atoms with Crippen LogP contribution >= 0.6 is 11.3 Å². The molecule has 2 aromatic heterocycles. The summed E-state index contributed by atoms with van der Waals surface area (Å²) in [4.78, 5) is 6.01.